The van der Waals surface area contributed by atoms with Crippen molar-refractivity contribution in [1.29, 1.82) is 0 Å². The van der Waals surface area contributed by atoms with Gasteiger partial charge in [0.2, 0.25) is 11.7 Å². The molecule has 1 fully saturated rings. The first-order valence-corrected chi connectivity index (χ1v) is 9.42. The van der Waals surface area contributed by atoms with Crippen molar-refractivity contribution in [3.05, 3.63) is 29.3 Å². The SMILES string of the molecule is CCC(C(=O)NCC1(C)CCNCC1)n1nnc(-c2ccc(Cl)cc2)n1. The normalized spacial score (nSPS) is 17.7. The summed E-state index contributed by atoms with van der Waals surface area (Å²) in [6.45, 7) is 6.84. The number of amides is 1. The van der Waals surface area contributed by atoms with Crippen LogP contribution >= 0.6 is 11.6 Å². The summed E-state index contributed by atoms with van der Waals surface area (Å²) in [5, 5.41) is 19.7. The molecule has 26 heavy (non-hydrogen) atoms. The van der Waals surface area contributed by atoms with E-state index in [-0.39, 0.29) is 11.3 Å². The number of carbonyl (C=O) groups is 1. The van der Waals surface area contributed by atoms with Crippen LogP contribution in [-0.4, -0.2) is 45.7 Å². The summed E-state index contributed by atoms with van der Waals surface area (Å²) >= 11 is 5.91. The summed E-state index contributed by atoms with van der Waals surface area (Å²) in [5.74, 6) is 0.422. The van der Waals surface area contributed by atoms with Crippen LogP contribution in [0.1, 0.15) is 39.2 Å². The Hall–Kier alpha value is -1.99. The Labute approximate surface area is 158 Å². The second-order valence-corrected chi connectivity index (χ2v) is 7.58. The number of benzene rings is 1. The predicted molar refractivity (Wildman–Crippen MR) is 101 cm³/mol. The predicted octanol–water partition coefficient (Wildman–Crippen LogP) is 2.45. The largest absolute Gasteiger partial charge is 0.354 e. The Morgan fingerprint density at radius 2 is 2.04 bits per heavy atom. The maximum Gasteiger partial charge on any atom is 0.246 e. The van der Waals surface area contributed by atoms with Gasteiger partial charge in [0.1, 0.15) is 0 Å². The highest BCUT2D eigenvalue weighted by Crippen LogP contribution is 2.27. The summed E-state index contributed by atoms with van der Waals surface area (Å²) in [6, 6.07) is 6.77. The molecule has 7 nitrogen and oxygen atoms in total. The molecule has 140 valence electrons. The van der Waals surface area contributed by atoms with Gasteiger partial charge in [0.15, 0.2) is 6.04 Å². The van der Waals surface area contributed by atoms with Gasteiger partial charge in [-0.25, -0.2) is 0 Å². The third-order valence-corrected chi connectivity index (χ3v) is 5.25. The minimum absolute atomic E-state index is 0.0627. The Morgan fingerprint density at radius 3 is 2.69 bits per heavy atom. The van der Waals surface area contributed by atoms with Gasteiger partial charge in [0.25, 0.3) is 0 Å². The molecule has 3 rings (SSSR count). The van der Waals surface area contributed by atoms with E-state index in [0.717, 1.165) is 31.5 Å². The average Bonchev–Trinajstić information content (AvgIpc) is 3.12. The van der Waals surface area contributed by atoms with Crippen LogP contribution in [0.25, 0.3) is 11.4 Å². The van der Waals surface area contributed by atoms with Crippen LogP contribution < -0.4 is 10.6 Å². The van der Waals surface area contributed by atoms with E-state index in [2.05, 4.69) is 33.0 Å². The molecule has 1 aromatic heterocycles. The fraction of sp³-hybridized carbons (Fsp3) is 0.556. The Balaban J connectivity index is 1.66. The summed E-state index contributed by atoms with van der Waals surface area (Å²) < 4.78 is 0. The lowest BCUT2D eigenvalue weighted by atomic mass is 9.81. The van der Waals surface area contributed by atoms with Crippen LogP contribution in [0, 0.1) is 5.41 Å². The van der Waals surface area contributed by atoms with Crippen LogP contribution in [0.3, 0.4) is 0 Å². The number of aromatic nitrogens is 4. The van der Waals surface area contributed by atoms with Gasteiger partial charge in [-0.15, -0.1) is 10.2 Å². The van der Waals surface area contributed by atoms with Gasteiger partial charge in [-0.2, -0.15) is 4.80 Å². The molecule has 0 saturated carbocycles. The third kappa shape index (κ3) is 4.40. The molecule has 1 aromatic carbocycles. The molecular formula is C18H25ClN6O. The maximum atomic E-state index is 12.7. The zero-order chi connectivity index (χ0) is 18.6. The summed E-state index contributed by atoms with van der Waals surface area (Å²) in [4.78, 5) is 14.1. The number of rotatable bonds is 6. The molecule has 1 unspecified atom stereocenters. The van der Waals surface area contributed by atoms with Gasteiger partial charge in [-0.3, -0.25) is 4.79 Å². The standard InChI is InChI=1S/C18H25ClN6O/c1-3-15(17(26)21-12-18(2)8-10-20-11-9-18)25-23-16(22-24-25)13-4-6-14(19)7-5-13/h4-7,15,20H,3,8-12H2,1-2H3,(H,21,26). The highest BCUT2D eigenvalue weighted by molar-refractivity contribution is 6.30. The van der Waals surface area contributed by atoms with Crippen LogP contribution in [-0.2, 0) is 4.79 Å². The average molecular weight is 377 g/mol. The fourth-order valence-electron chi connectivity index (χ4n) is 3.15. The number of tetrazole rings is 1. The van der Waals surface area contributed by atoms with Crippen LogP contribution in [0.5, 0.6) is 0 Å². The first-order valence-electron chi connectivity index (χ1n) is 9.05. The van der Waals surface area contributed by atoms with E-state index in [1.165, 1.54) is 4.80 Å². The van der Waals surface area contributed by atoms with Gasteiger partial charge >= 0.3 is 0 Å². The number of hydrogen-bond acceptors (Lipinski definition) is 5. The fourth-order valence-corrected chi connectivity index (χ4v) is 3.28. The number of piperidine rings is 1. The second kappa shape index (κ2) is 8.14. The molecule has 0 bridgehead atoms. The smallest absolute Gasteiger partial charge is 0.246 e. The summed E-state index contributed by atoms with van der Waals surface area (Å²) in [6.07, 6.45) is 2.72. The molecule has 1 atom stereocenters. The summed E-state index contributed by atoms with van der Waals surface area (Å²) in [5.41, 5.74) is 0.960. The van der Waals surface area contributed by atoms with Gasteiger partial charge in [-0.05, 0) is 67.2 Å². The number of hydrogen-bond donors (Lipinski definition) is 2. The van der Waals surface area contributed by atoms with Crippen LogP contribution in [0.4, 0.5) is 0 Å². The van der Waals surface area contributed by atoms with E-state index in [1.807, 2.05) is 19.1 Å². The number of halogens is 1. The lowest BCUT2D eigenvalue weighted by molar-refractivity contribution is -0.125. The first kappa shape index (κ1) is 18.8. The van der Waals surface area contributed by atoms with Crippen molar-refractivity contribution in [3.8, 4) is 11.4 Å². The highest BCUT2D eigenvalue weighted by Gasteiger charge is 2.29. The molecular weight excluding hydrogens is 352 g/mol. The Kier molecular flexibility index (Phi) is 5.88. The lowest BCUT2D eigenvalue weighted by Crippen LogP contribution is -2.44. The van der Waals surface area contributed by atoms with Gasteiger partial charge in [-0.1, -0.05) is 25.4 Å². The van der Waals surface area contributed by atoms with Crippen molar-refractivity contribution in [2.45, 2.75) is 39.2 Å². The molecule has 2 N–H and O–H groups in total. The zero-order valence-corrected chi connectivity index (χ0v) is 16.0. The van der Waals surface area contributed by atoms with Crippen molar-refractivity contribution >= 4 is 17.5 Å². The minimum Gasteiger partial charge on any atom is -0.354 e. The van der Waals surface area contributed by atoms with Crippen molar-refractivity contribution in [2.75, 3.05) is 19.6 Å². The molecule has 1 saturated heterocycles. The second-order valence-electron chi connectivity index (χ2n) is 7.14. The molecule has 2 heterocycles. The van der Waals surface area contributed by atoms with Crippen molar-refractivity contribution in [3.63, 3.8) is 0 Å². The summed E-state index contributed by atoms with van der Waals surface area (Å²) in [7, 11) is 0. The van der Waals surface area contributed by atoms with Crippen molar-refractivity contribution in [1.82, 2.24) is 30.8 Å². The lowest BCUT2D eigenvalue weighted by Gasteiger charge is -2.34. The quantitative estimate of drug-likeness (QED) is 0.808. The topological polar surface area (TPSA) is 84.7 Å². The molecule has 8 heteroatoms. The monoisotopic (exact) mass is 376 g/mol. The van der Waals surface area contributed by atoms with Gasteiger partial charge in [0.05, 0.1) is 0 Å². The Bertz CT molecular complexity index is 738. The molecule has 2 aromatic rings. The molecule has 1 aliphatic rings. The van der Waals surface area contributed by atoms with E-state index in [1.54, 1.807) is 12.1 Å². The zero-order valence-electron chi connectivity index (χ0n) is 15.2. The van der Waals surface area contributed by atoms with E-state index in [4.69, 9.17) is 11.6 Å². The van der Waals surface area contributed by atoms with Crippen LogP contribution in [0.2, 0.25) is 5.02 Å². The molecule has 1 amide bonds. The highest BCUT2D eigenvalue weighted by atomic mass is 35.5. The van der Waals surface area contributed by atoms with Gasteiger partial charge < -0.3 is 10.6 Å². The van der Waals surface area contributed by atoms with Gasteiger partial charge in [0, 0.05) is 17.1 Å². The maximum absolute atomic E-state index is 12.7. The molecule has 1 aliphatic heterocycles. The van der Waals surface area contributed by atoms with E-state index >= 15 is 0 Å². The van der Waals surface area contributed by atoms with E-state index in [9.17, 15) is 4.79 Å². The molecule has 0 radical (unpaired) electrons. The van der Waals surface area contributed by atoms with E-state index < -0.39 is 6.04 Å². The molecule has 0 aliphatic carbocycles. The van der Waals surface area contributed by atoms with E-state index in [0.29, 0.717) is 23.8 Å². The number of carbonyl (C=O) groups excluding carboxylic acids is 1. The molecule has 0 spiro atoms. The minimum atomic E-state index is -0.464. The van der Waals surface area contributed by atoms with Crippen molar-refractivity contribution < 1.29 is 4.79 Å². The third-order valence-electron chi connectivity index (χ3n) is 5.00. The van der Waals surface area contributed by atoms with Crippen LogP contribution in [0.15, 0.2) is 24.3 Å². The van der Waals surface area contributed by atoms with Crippen molar-refractivity contribution in [2.24, 2.45) is 5.41 Å². The number of nitrogens with zero attached hydrogens (tertiary/aromatic N) is 4. The number of nitrogens with one attached hydrogen (secondary N) is 2. The Morgan fingerprint density at radius 1 is 1.35 bits per heavy atom. The first-order chi connectivity index (χ1) is 12.5.